The van der Waals surface area contributed by atoms with E-state index in [4.69, 9.17) is 18.9 Å². The van der Waals surface area contributed by atoms with Gasteiger partial charge in [0.05, 0.1) is 19.8 Å². The van der Waals surface area contributed by atoms with E-state index in [1.54, 1.807) is 7.11 Å². The number of methoxy groups -OCH3 is 2. The van der Waals surface area contributed by atoms with Gasteiger partial charge in [0.1, 0.15) is 6.10 Å². The highest BCUT2D eigenvalue weighted by molar-refractivity contribution is 7.19. The van der Waals surface area contributed by atoms with Gasteiger partial charge in [-0.2, -0.15) is 0 Å². The maximum atomic E-state index is 6.88. The normalized spacial score (nSPS) is 27.2. The molecule has 1 spiro atoms. The molecule has 3 heterocycles. The van der Waals surface area contributed by atoms with Gasteiger partial charge in [-0.25, -0.2) is 0 Å². The van der Waals surface area contributed by atoms with Crippen molar-refractivity contribution < 1.29 is 18.9 Å². The lowest BCUT2D eigenvalue weighted by atomic mass is 9.58. The Labute approximate surface area is 243 Å². The highest BCUT2D eigenvalue weighted by atomic mass is 32.1. The summed E-state index contributed by atoms with van der Waals surface area (Å²) in [4.78, 5) is 4.07. The highest BCUT2D eigenvalue weighted by Crippen LogP contribution is 2.59. The second-order valence-corrected chi connectivity index (χ2v) is 13.5. The van der Waals surface area contributed by atoms with Gasteiger partial charge in [-0.05, 0) is 100 Å². The highest BCUT2D eigenvalue weighted by Gasteiger charge is 2.60. The van der Waals surface area contributed by atoms with E-state index in [0.717, 1.165) is 49.8 Å². The van der Waals surface area contributed by atoms with E-state index in [0.29, 0.717) is 18.6 Å². The van der Waals surface area contributed by atoms with Gasteiger partial charge in [0.25, 0.3) is 0 Å². The van der Waals surface area contributed by atoms with Crippen LogP contribution < -0.4 is 9.47 Å². The summed E-state index contributed by atoms with van der Waals surface area (Å²) in [6.07, 6.45) is 5.91. The summed E-state index contributed by atoms with van der Waals surface area (Å²) in [5.74, 6) is 3.08. The van der Waals surface area contributed by atoms with Gasteiger partial charge in [-0.3, -0.25) is 0 Å². The van der Waals surface area contributed by atoms with Gasteiger partial charge in [-0.1, -0.05) is 24.3 Å². The van der Waals surface area contributed by atoms with Crippen molar-refractivity contribution in [3.8, 4) is 11.5 Å². The molecule has 6 heteroatoms. The van der Waals surface area contributed by atoms with Crippen LogP contribution in [0.1, 0.15) is 62.0 Å². The number of benzene rings is 2. The summed E-state index contributed by atoms with van der Waals surface area (Å²) in [5, 5.41) is 1.31. The fourth-order valence-corrected chi connectivity index (χ4v) is 8.67. The Bertz CT molecular complexity index is 1290. The van der Waals surface area contributed by atoms with Crippen LogP contribution in [0, 0.1) is 18.8 Å². The summed E-state index contributed by atoms with van der Waals surface area (Å²) in [7, 11) is 3.57. The first-order valence-electron chi connectivity index (χ1n) is 15.1. The molecule has 5 nitrogen and oxygen atoms in total. The number of aryl methyl sites for hydroxylation is 1. The molecule has 5 atom stereocenters. The molecule has 1 saturated heterocycles. The summed E-state index contributed by atoms with van der Waals surface area (Å²) >= 11 is 1.84. The molecule has 1 saturated carbocycles. The Balaban J connectivity index is 1.25. The van der Waals surface area contributed by atoms with E-state index in [9.17, 15) is 0 Å². The lowest BCUT2D eigenvalue weighted by Gasteiger charge is -2.53. The lowest BCUT2D eigenvalue weighted by Crippen LogP contribution is -2.61. The summed E-state index contributed by atoms with van der Waals surface area (Å²) in [6.45, 7) is 10.7. The third-order valence-electron chi connectivity index (χ3n) is 9.91. The molecule has 0 N–H and O–H groups in total. The van der Waals surface area contributed by atoms with Crippen molar-refractivity contribution in [2.45, 2.75) is 83.1 Å². The first-order valence-corrected chi connectivity index (χ1v) is 15.9. The number of fused-ring (bicyclic) bond motifs is 3. The quantitative estimate of drug-likeness (QED) is 0.228. The zero-order chi connectivity index (χ0) is 27.9. The fraction of sp³-hybridized carbons (Fsp3) is 0.588. The molecule has 4 unspecified atom stereocenters. The Hall–Kier alpha value is -2.12. The van der Waals surface area contributed by atoms with E-state index >= 15 is 0 Å². The van der Waals surface area contributed by atoms with E-state index in [1.807, 2.05) is 18.4 Å². The van der Waals surface area contributed by atoms with Crippen LogP contribution >= 0.6 is 11.3 Å². The summed E-state index contributed by atoms with van der Waals surface area (Å²) < 4.78 is 26.3. The van der Waals surface area contributed by atoms with E-state index in [1.165, 1.54) is 45.5 Å². The molecule has 3 aliphatic rings. The number of ether oxygens (including phenoxy) is 4. The number of thiophene rings is 1. The van der Waals surface area contributed by atoms with Crippen molar-refractivity contribution in [3.05, 3.63) is 58.5 Å². The molecule has 1 aliphatic carbocycles. The van der Waals surface area contributed by atoms with Crippen LogP contribution in [0.15, 0.2) is 42.5 Å². The minimum atomic E-state index is -0.117. The summed E-state index contributed by atoms with van der Waals surface area (Å²) in [5.41, 5.74) is 2.54. The minimum Gasteiger partial charge on any atom is -0.493 e. The van der Waals surface area contributed by atoms with Crippen LogP contribution in [0.4, 0.5) is 0 Å². The first kappa shape index (κ1) is 28.0. The van der Waals surface area contributed by atoms with Gasteiger partial charge in [0, 0.05) is 46.9 Å². The topological polar surface area (TPSA) is 40.2 Å². The molecule has 2 fully saturated rings. The van der Waals surface area contributed by atoms with Crippen molar-refractivity contribution in [3.63, 3.8) is 0 Å². The van der Waals surface area contributed by atoms with Crippen molar-refractivity contribution >= 4 is 21.4 Å². The molecule has 1 aromatic heterocycles. The number of hydrogen-bond donors (Lipinski definition) is 0. The Morgan fingerprint density at radius 2 is 1.98 bits per heavy atom. The molecule has 40 heavy (non-hydrogen) atoms. The lowest BCUT2D eigenvalue weighted by molar-refractivity contribution is -0.0718. The van der Waals surface area contributed by atoms with Crippen LogP contribution in [0.5, 0.6) is 11.5 Å². The van der Waals surface area contributed by atoms with Crippen LogP contribution in [0.25, 0.3) is 10.1 Å². The number of rotatable bonds is 11. The molecule has 3 aromatic rings. The maximum absolute atomic E-state index is 6.88. The van der Waals surface area contributed by atoms with Gasteiger partial charge in [-0.15, -0.1) is 11.3 Å². The monoisotopic (exact) mass is 563 g/mol. The third kappa shape index (κ3) is 5.06. The fourth-order valence-electron chi connectivity index (χ4n) is 7.67. The largest absolute Gasteiger partial charge is 0.493 e. The van der Waals surface area contributed by atoms with E-state index < -0.39 is 0 Å². The Morgan fingerprint density at radius 3 is 2.73 bits per heavy atom. The smallest absolute Gasteiger partial charge is 0.165 e. The molecule has 2 aliphatic heterocycles. The Kier molecular flexibility index (Phi) is 8.15. The first-order chi connectivity index (χ1) is 19.5. The second-order valence-electron chi connectivity index (χ2n) is 12.3. The third-order valence-corrected chi connectivity index (χ3v) is 11.0. The zero-order valence-electron chi connectivity index (χ0n) is 24.8. The predicted molar refractivity (Wildman–Crippen MR) is 163 cm³/mol. The van der Waals surface area contributed by atoms with Crippen molar-refractivity contribution in [1.29, 1.82) is 0 Å². The standard InChI is InChI=1S/C34H45NO4S/c1-22-12-15-29(37-5)32-31(22)34(33(39-32)24(3)36-4)16-17-35(20-25-13-14-25)23(2)28(34)10-8-18-38-21-27-19-26-9-6-7-11-30(26)40-27/h6-7,9,11-12,15,19,23-25,28,33H,8,10,13-14,16-18,20-21H2,1-5H3/t23?,24?,28?,33-,34?/m0/s1. The SMILES string of the molecule is COc1ccc(C)c2c1O[C@@H](C(C)OC)C21CCN(CC2CC2)C(C)C1CCCOCc1cc2ccccc2s1. The zero-order valence-corrected chi connectivity index (χ0v) is 25.6. The number of hydrogen-bond acceptors (Lipinski definition) is 6. The van der Waals surface area contributed by atoms with Crippen molar-refractivity contribution in [2.24, 2.45) is 11.8 Å². The van der Waals surface area contributed by atoms with Crippen LogP contribution in [0.3, 0.4) is 0 Å². The average Bonchev–Trinajstić information content (AvgIpc) is 3.58. The van der Waals surface area contributed by atoms with E-state index in [2.05, 4.69) is 68.1 Å². The van der Waals surface area contributed by atoms with Gasteiger partial charge < -0.3 is 23.8 Å². The van der Waals surface area contributed by atoms with Crippen LogP contribution in [0.2, 0.25) is 0 Å². The Morgan fingerprint density at radius 1 is 1.15 bits per heavy atom. The molecule has 216 valence electrons. The molecule has 6 rings (SSSR count). The van der Waals surface area contributed by atoms with Gasteiger partial charge in [0.15, 0.2) is 11.5 Å². The van der Waals surface area contributed by atoms with Crippen LogP contribution in [-0.2, 0) is 21.5 Å². The average molecular weight is 564 g/mol. The van der Waals surface area contributed by atoms with Crippen molar-refractivity contribution in [1.82, 2.24) is 4.90 Å². The molecular formula is C34H45NO4S. The molecule has 2 aromatic carbocycles. The van der Waals surface area contributed by atoms with Crippen molar-refractivity contribution in [2.75, 3.05) is 33.9 Å². The number of nitrogens with zero attached hydrogens (tertiary/aromatic N) is 1. The number of piperidine rings is 1. The number of likely N-dealkylation sites (tertiary alicyclic amines) is 1. The maximum Gasteiger partial charge on any atom is 0.165 e. The van der Waals surface area contributed by atoms with Gasteiger partial charge >= 0.3 is 0 Å². The molecular weight excluding hydrogens is 518 g/mol. The molecule has 0 amide bonds. The predicted octanol–water partition coefficient (Wildman–Crippen LogP) is 7.37. The minimum absolute atomic E-state index is 0.0228. The summed E-state index contributed by atoms with van der Waals surface area (Å²) in [6, 6.07) is 15.6. The van der Waals surface area contributed by atoms with Crippen LogP contribution in [-0.4, -0.2) is 57.1 Å². The van der Waals surface area contributed by atoms with E-state index in [-0.39, 0.29) is 17.6 Å². The second kappa shape index (κ2) is 11.6. The molecule has 0 bridgehead atoms. The van der Waals surface area contributed by atoms with Gasteiger partial charge in [0.2, 0.25) is 0 Å². The molecule has 0 radical (unpaired) electrons.